The average molecular weight is 416 g/mol. The number of amides is 1. The van der Waals surface area contributed by atoms with Gasteiger partial charge in [-0.1, -0.05) is 24.3 Å². The summed E-state index contributed by atoms with van der Waals surface area (Å²) in [7, 11) is 3.18. The van der Waals surface area contributed by atoms with Crippen LogP contribution >= 0.6 is 0 Å². The summed E-state index contributed by atoms with van der Waals surface area (Å²) in [5.41, 5.74) is 3.45. The average Bonchev–Trinajstić information content (AvgIpc) is 2.82. The molecule has 0 bridgehead atoms. The maximum Gasteiger partial charge on any atom is 0.258 e. The predicted molar refractivity (Wildman–Crippen MR) is 118 cm³/mol. The zero-order valence-electron chi connectivity index (χ0n) is 17.7. The van der Waals surface area contributed by atoms with Crippen molar-refractivity contribution in [2.45, 2.75) is 13.0 Å². The highest BCUT2D eigenvalue weighted by Crippen LogP contribution is 2.29. The van der Waals surface area contributed by atoms with Crippen molar-refractivity contribution >= 4 is 5.91 Å². The van der Waals surface area contributed by atoms with Crippen molar-refractivity contribution in [3.05, 3.63) is 77.9 Å². The van der Waals surface area contributed by atoms with Crippen LogP contribution in [0.4, 0.5) is 0 Å². The van der Waals surface area contributed by atoms with Gasteiger partial charge in [-0.25, -0.2) is 0 Å². The molecule has 0 unspecified atom stereocenters. The molecule has 1 amide bonds. The van der Waals surface area contributed by atoms with E-state index in [-0.39, 0.29) is 18.6 Å². The first-order valence-electron chi connectivity index (χ1n) is 9.78. The lowest BCUT2D eigenvalue weighted by Gasteiger charge is -2.18. The van der Waals surface area contributed by atoms with Crippen molar-refractivity contribution in [2.75, 3.05) is 20.8 Å². The number of ether oxygens (including phenoxy) is 3. The minimum absolute atomic E-state index is 0.104. The number of carbonyl (C=O) groups is 1. The standard InChI is InChI=1S/C25H24N2O4/c1-17(23-14-22(29-2)12-13-24(23)30-3)27-25(28)16-31-21-10-8-20(9-11-21)19-6-4-18(15-26)5-7-19/h4-14,17H,16H2,1-3H3,(H,27,28)/t17-/m0/s1. The van der Waals surface area contributed by atoms with E-state index in [1.807, 2.05) is 61.5 Å². The smallest absolute Gasteiger partial charge is 0.258 e. The van der Waals surface area contributed by atoms with E-state index in [2.05, 4.69) is 11.4 Å². The van der Waals surface area contributed by atoms with Crippen molar-refractivity contribution in [3.63, 3.8) is 0 Å². The maximum atomic E-state index is 12.4. The van der Waals surface area contributed by atoms with Gasteiger partial charge in [0.1, 0.15) is 17.2 Å². The molecular weight excluding hydrogens is 392 g/mol. The van der Waals surface area contributed by atoms with E-state index in [0.717, 1.165) is 16.7 Å². The van der Waals surface area contributed by atoms with Crippen LogP contribution in [0.5, 0.6) is 17.2 Å². The molecule has 0 fully saturated rings. The highest BCUT2D eigenvalue weighted by Gasteiger charge is 2.15. The predicted octanol–water partition coefficient (Wildman–Crippen LogP) is 4.50. The maximum absolute atomic E-state index is 12.4. The van der Waals surface area contributed by atoms with Gasteiger partial charge in [0.25, 0.3) is 5.91 Å². The van der Waals surface area contributed by atoms with E-state index < -0.39 is 0 Å². The van der Waals surface area contributed by atoms with Crippen LogP contribution in [0, 0.1) is 11.3 Å². The summed E-state index contributed by atoms with van der Waals surface area (Å²) in [6.07, 6.45) is 0. The van der Waals surface area contributed by atoms with Crippen LogP contribution in [0.3, 0.4) is 0 Å². The molecule has 3 rings (SSSR count). The van der Waals surface area contributed by atoms with Gasteiger partial charge in [-0.3, -0.25) is 4.79 Å². The Bertz CT molecular complexity index is 1070. The fourth-order valence-electron chi connectivity index (χ4n) is 3.17. The zero-order valence-corrected chi connectivity index (χ0v) is 17.7. The van der Waals surface area contributed by atoms with Crippen LogP contribution in [0.25, 0.3) is 11.1 Å². The van der Waals surface area contributed by atoms with Gasteiger partial charge in [0.05, 0.1) is 31.9 Å². The van der Waals surface area contributed by atoms with Gasteiger partial charge in [-0.05, 0) is 60.5 Å². The van der Waals surface area contributed by atoms with Gasteiger partial charge >= 0.3 is 0 Å². The molecule has 6 heteroatoms. The fraction of sp³-hybridized carbons (Fsp3) is 0.200. The molecule has 0 spiro atoms. The van der Waals surface area contributed by atoms with E-state index in [4.69, 9.17) is 19.5 Å². The largest absolute Gasteiger partial charge is 0.497 e. The SMILES string of the molecule is COc1ccc(OC)c([C@H](C)NC(=O)COc2ccc(-c3ccc(C#N)cc3)cc2)c1. The Balaban J connectivity index is 1.57. The molecule has 0 saturated heterocycles. The topological polar surface area (TPSA) is 80.6 Å². The Hall–Kier alpha value is -3.98. The summed E-state index contributed by atoms with van der Waals surface area (Å²) in [6, 6.07) is 22.1. The number of nitrogens with one attached hydrogen (secondary N) is 1. The Morgan fingerprint density at radius 2 is 1.55 bits per heavy atom. The van der Waals surface area contributed by atoms with Crippen LogP contribution in [0.15, 0.2) is 66.7 Å². The highest BCUT2D eigenvalue weighted by atomic mass is 16.5. The lowest BCUT2D eigenvalue weighted by molar-refractivity contribution is -0.123. The molecular formula is C25H24N2O4. The van der Waals surface area contributed by atoms with E-state index >= 15 is 0 Å². The van der Waals surface area contributed by atoms with Gasteiger partial charge in [0.15, 0.2) is 6.61 Å². The third kappa shape index (κ3) is 5.55. The molecule has 0 aliphatic rings. The van der Waals surface area contributed by atoms with Crippen molar-refractivity contribution in [3.8, 4) is 34.4 Å². The van der Waals surface area contributed by atoms with Crippen LogP contribution in [-0.4, -0.2) is 26.7 Å². The van der Waals surface area contributed by atoms with Gasteiger partial charge in [0.2, 0.25) is 0 Å². The van der Waals surface area contributed by atoms with Gasteiger partial charge < -0.3 is 19.5 Å². The highest BCUT2D eigenvalue weighted by molar-refractivity contribution is 5.78. The third-order valence-corrected chi connectivity index (χ3v) is 4.85. The minimum atomic E-state index is -0.278. The number of nitriles is 1. The summed E-state index contributed by atoms with van der Waals surface area (Å²) in [5, 5.41) is 11.8. The number of methoxy groups -OCH3 is 2. The number of nitrogens with zero attached hydrogens (tertiary/aromatic N) is 1. The monoisotopic (exact) mass is 416 g/mol. The summed E-state index contributed by atoms with van der Waals surface area (Å²) >= 11 is 0. The fourth-order valence-corrected chi connectivity index (χ4v) is 3.17. The van der Waals surface area contributed by atoms with Crippen LogP contribution in [0.2, 0.25) is 0 Å². The van der Waals surface area contributed by atoms with Gasteiger partial charge in [0, 0.05) is 5.56 Å². The molecule has 0 aromatic heterocycles. The summed E-state index contributed by atoms with van der Waals surface area (Å²) < 4.78 is 16.3. The van der Waals surface area contributed by atoms with Crippen LogP contribution < -0.4 is 19.5 Å². The van der Waals surface area contributed by atoms with E-state index in [0.29, 0.717) is 22.8 Å². The lowest BCUT2D eigenvalue weighted by Crippen LogP contribution is -2.31. The number of rotatable bonds is 8. The van der Waals surface area contributed by atoms with Crippen molar-refractivity contribution in [2.24, 2.45) is 0 Å². The van der Waals surface area contributed by atoms with Gasteiger partial charge in [-0.15, -0.1) is 0 Å². The number of benzene rings is 3. The third-order valence-electron chi connectivity index (χ3n) is 4.85. The first kappa shape index (κ1) is 21.7. The molecule has 0 aliphatic carbocycles. The quantitative estimate of drug-likeness (QED) is 0.585. The second-order valence-corrected chi connectivity index (χ2v) is 6.90. The molecule has 0 aliphatic heterocycles. The van der Waals surface area contributed by atoms with Crippen LogP contribution in [-0.2, 0) is 4.79 Å². The van der Waals surface area contributed by atoms with Crippen molar-refractivity contribution in [1.82, 2.24) is 5.32 Å². The second-order valence-electron chi connectivity index (χ2n) is 6.90. The van der Waals surface area contributed by atoms with E-state index in [1.165, 1.54) is 0 Å². The molecule has 158 valence electrons. The lowest BCUT2D eigenvalue weighted by atomic mass is 10.0. The molecule has 1 N–H and O–H groups in total. The second kappa shape index (κ2) is 10.2. The first-order chi connectivity index (χ1) is 15.0. The molecule has 1 atom stereocenters. The van der Waals surface area contributed by atoms with Crippen LogP contribution in [0.1, 0.15) is 24.1 Å². The zero-order chi connectivity index (χ0) is 22.2. The Morgan fingerprint density at radius 1 is 0.935 bits per heavy atom. The van der Waals surface area contributed by atoms with E-state index in [9.17, 15) is 4.79 Å². The Kier molecular flexibility index (Phi) is 7.13. The minimum Gasteiger partial charge on any atom is -0.497 e. The molecule has 0 radical (unpaired) electrons. The van der Waals surface area contributed by atoms with Crippen molar-refractivity contribution < 1.29 is 19.0 Å². The normalized spacial score (nSPS) is 11.2. The molecule has 6 nitrogen and oxygen atoms in total. The molecule has 3 aromatic rings. The molecule has 0 saturated carbocycles. The Morgan fingerprint density at radius 3 is 2.13 bits per heavy atom. The molecule has 3 aromatic carbocycles. The van der Waals surface area contributed by atoms with Crippen molar-refractivity contribution in [1.29, 1.82) is 5.26 Å². The van der Waals surface area contributed by atoms with Gasteiger partial charge in [-0.2, -0.15) is 5.26 Å². The number of hydrogen-bond acceptors (Lipinski definition) is 5. The molecule has 31 heavy (non-hydrogen) atoms. The Labute approximate surface area is 182 Å². The molecule has 0 heterocycles. The summed E-state index contributed by atoms with van der Waals surface area (Å²) in [4.78, 5) is 12.4. The number of carbonyl (C=O) groups excluding carboxylic acids is 1. The number of hydrogen-bond donors (Lipinski definition) is 1. The summed E-state index contributed by atoms with van der Waals surface area (Å²) in [5.74, 6) is 1.72. The first-order valence-corrected chi connectivity index (χ1v) is 9.78. The van der Waals surface area contributed by atoms with E-state index in [1.54, 1.807) is 26.4 Å². The summed E-state index contributed by atoms with van der Waals surface area (Å²) in [6.45, 7) is 1.77.